The molecular formula is C29H21BrCl4F3NO2. The first-order valence-corrected chi connectivity index (χ1v) is 14.3. The van der Waals surface area contributed by atoms with E-state index in [4.69, 9.17) is 46.4 Å². The van der Waals surface area contributed by atoms with Crippen LogP contribution < -0.4 is 5.32 Å². The number of carbonyl (C=O) groups excluding carboxylic acids is 2. The lowest BCUT2D eigenvalue weighted by molar-refractivity contribution is -0.139. The fraction of sp³-hybridized carbons (Fsp3) is 0.241. The van der Waals surface area contributed by atoms with E-state index in [2.05, 4.69) is 21.2 Å². The Hall–Kier alpha value is -2.03. The van der Waals surface area contributed by atoms with Gasteiger partial charge < -0.3 is 5.32 Å². The van der Waals surface area contributed by atoms with Gasteiger partial charge in [-0.1, -0.05) is 92.7 Å². The van der Waals surface area contributed by atoms with Gasteiger partial charge in [-0.3, -0.25) is 9.59 Å². The summed E-state index contributed by atoms with van der Waals surface area (Å²) in [6, 6.07) is 14.0. The minimum Gasteiger partial charge on any atom is -0.352 e. The third-order valence-electron chi connectivity index (χ3n) is 6.69. The molecule has 0 radical (unpaired) electrons. The predicted octanol–water partition coefficient (Wildman–Crippen LogP) is 10.1. The Bertz CT molecular complexity index is 1450. The molecule has 0 heterocycles. The quantitative estimate of drug-likeness (QED) is 0.179. The van der Waals surface area contributed by atoms with Crippen LogP contribution in [-0.4, -0.2) is 17.9 Å². The maximum Gasteiger partial charge on any atom is 0.399 e. The summed E-state index contributed by atoms with van der Waals surface area (Å²) in [4.78, 5) is 26.0. The van der Waals surface area contributed by atoms with E-state index in [0.29, 0.717) is 40.0 Å². The van der Waals surface area contributed by atoms with E-state index in [1.54, 1.807) is 24.3 Å². The van der Waals surface area contributed by atoms with Crippen LogP contribution in [0.25, 0.3) is 6.08 Å². The molecule has 1 unspecified atom stereocenters. The standard InChI is InChI=1S/C29H21BrCl4F3NO2/c30-22-11-16(4-8-21(29(35,36)37)18-12-23(32)26(34)24(33)13-18)3-7-20(22)25(39)14-28(9-10-28)27(40)38-15-17-1-5-19(31)6-2-17/h1-8,11-13,21H,9-10,14-15H2,(H,38,40)/b8-4+. The molecule has 0 bridgehead atoms. The summed E-state index contributed by atoms with van der Waals surface area (Å²) in [5, 5.41) is 3.32. The number of amides is 1. The molecule has 1 saturated carbocycles. The number of hydrogen-bond donors (Lipinski definition) is 1. The van der Waals surface area contributed by atoms with Crippen molar-refractivity contribution in [2.24, 2.45) is 5.41 Å². The molecule has 40 heavy (non-hydrogen) atoms. The predicted molar refractivity (Wildman–Crippen MR) is 157 cm³/mol. The molecule has 3 aromatic rings. The fourth-order valence-electron chi connectivity index (χ4n) is 4.24. The first-order valence-electron chi connectivity index (χ1n) is 12.0. The lowest BCUT2D eigenvalue weighted by Gasteiger charge is -2.18. The van der Waals surface area contributed by atoms with Gasteiger partial charge in [0.05, 0.1) is 26.4 Å². The van der Waals surface area contributed by atoms with Crippen LogP contribution in [0.1, 0.15) is 52.2 Å². The molecule has 1 amide bonds. The van der Waals surface area contributed by atoms with Gasteiger partial charge in [-0.2, -0.15) is 13.2 Å². The minimum atomic E-state index is -4.61. The van der Waals surface area contributed by atoms with E-state index in [-0.39, 0.29) is 38.7 Å². The molecule has 1 atom stereocenters. The number of ketones is 1. The van der Waals surface area contributed by atoms with Crippen LogP contribution in [0.3, 0.4) is 0 Å². The second-order valence-electron chi connectivity index (χ2n) is 9.61. The summed E-state index contributed by atoms with van der Waals surface area (Å²) < 4.78 is 42.0. The van der Waals surface area contributed by atoms with Crippen molar-refractivity contribution in [2.75, 3.05) is 0 Å². The normalized spacial score (nSPS) is 15.2. The Kier molecular flexibility index (Phi) is 9.63. The van der Waals surface area contributed by atoms with E-state index in [0.717, 1.165) is 23.8 Å². The average Bonchev–Trinajstić information content (AvgIpc) is 3.66. The maximum absolute atomic E-state index is 13.9. The highest BCUT2D eigenvalue weighted by Gasteiger charge is 2.51. The number of carbonyl (C=O) groups is 2. The summed E-state index contributed by atoms with van der Waals surface area (Å²) >= 11 is 27.0. The van der Waals surface area contributed by atoms with E-state index >= 15 is 0 Å². The molecule has 0 saturated heterocycles. The van der Waals surface area contributed by atoms with Gasteiger partial charge in [-0.15, -0.1) is 0 Å². The largest absolute Gasteiger partial charge is 0.399 e. The monoisotopic (exact) mass is 691 g/mol. The third kappa shape index (κ3) is 7.42. The molecule has 210 valence electrons. The van der Waals surface area contributed by atoms with Crippen molar-refractivity contribution < 1.29 is 22.8 Å². The first-order chi connectivity index (χ1) is 18.8. The molecule has 1 aliphatic rings. The maximum atomic E-state index is 13.9. The van der Waals surface area contributed by atoms with Crippen LogP contribution in [0.4, 0.5) is 13.2 Å². The van der Waals surface area contributed by atoms with Gasteiger partial charge in [0.15, 0.2) is 5.78 Å². The van der Waals surface area contributed by atoms with Crippen LogP contribution in [0.5, 0.6) is 0 Å². The molecule has 0 aromatic heterocycles. The zero-order valence-electron chi connectivity index (χ0n) is 20.6. The lowest BCUT2D eigenvalue weighted by atomic mass is 9.93. The lowest BCUT2D eigenvalue weighted by Crippen LogP contribution is -2.33. The smallest absolute Gasteiger partial charge is 0.352 e. The molecule has 3 aromatic carbocycles. The van der Waals surface area contributed by atoms with Gasteiger partial charge in [0.25, 0.3) is 0 Å². The number of nitrogens with one attached hydrogen (secondary N) is 1. The number of hydrogen-bond acceptors (Lipinski definition) is 2. The summed E-state index contributed by atoms with van der Waals surface area (Å²) in [6.07, 6.45) is -1.09. The van der Waals surface area contributed by atoms with Crippen LogP contribution in [-0.2, 0) is 11.3 Å². The Morgan fingerprint density at radius 1 is 0.975 bits per heavy atom. The molecule has 11 heteroatoms. The Morgan fingerprint density at radius 2 is 1.60 bits per heavy atom. The van der Waals surface area contributed by atoms with Crippen LogP contribution in [0.2, 0.25) is 20.1 Å². The molecule has 4 rings (SSSR count). The van der Waals surface area contributed by atoms with E-state index in [1.807, 2.05) is 12.1 Å². The highest BCUT2D eigenvalue weighted by Crippen LogP contribution is 2.50. The van der Waals surface area contributed by atoms with E-state index in [9.17, 15) is 22.8 Å². The van der Waals surface area contributed by atoms with Crippen molar-refractivity contribution in [1.29, 1.82) is 0 Å². The van der Waals surface area contributed by atoms with Gasteiger partial charge in [-0.05, 0) is 65.9 Å². The summed E-state index contributed by atoms with van der Waals surface area (Å²) in [7, 11) is 0. The first kappa shape index (κ1) is 30.9. The number of Topliss-reactive ketones (excluding diaryl/α,β-unsaturated/α-hetero) is 1. The fourth-order valence-corrected chi connectivity index (χ4v) is 5.60. The summed E-state index contributed by atoms with van der Waals surface area (Å²) in [6.45, 7) is 0.323. The topological polar surface area (TPSA) is 46.2 Å². The van der Waals surface area contributed by atoms with Gasteiger partial charge in [0.2, 0.25) is 5.91 Å². The number of halogens is 8. The zero-order valence-corrected chi connectivity index (χ0v) is 25.2. The van der Waals surface area contributed by atoms with E-state index < -0.39 is 17.5 Å². The Balaban J connectivity index is 1.45. The number of benzene rings is 3. The van der Waals surface area contributed by atoms with E-state index in [1.165, 1.54) is 12.1 Å². The van der Waals surface area contributed by atoms with Gasteiger partial charge in [-0.25, -0.2) is 0 Å². The van der Waals surface area contributed by atoms with Crippen molar-refractivity contribution in [1.82, 2.24) is 5.32 Å². The number of rotatable bonds is 9. The third-order valence-corrected chi connectivity index (χ3v) is 8.80. The Morgan fingerprint density at radius 3 is 2.15 bits per heavy atom. The molecule has 1 fully saturated rings. The van der Waals surface area contributed by atoms with Gasteiger partial charge >= 0.3 is 6.18 Å². The van der Waals surface area contributed by atoms with Crippen LogP contribution in [0.15, 0.2) is 65.1 Å². The average molecular weight is 694 g/mol. The number of allylic oxidation sites excluding steroid dienone is 1. The van der Waals surface area contributed by atoms with Crippen molar-refractivity contribution in [3.05, 3.63) is 107 Å². The highest BCUT2D eigenvalue weighted by molar-refractivity contribution is 9.10. The second-order valence-corrected chi connectivity index (χ2v) is 12.1. The highest BCUT2D eigenvalue weighted by atomic mass is 79.9. The second kappa shape index (κ2) is 12.5. The van der Waals surface area contributed by atoms with Crippen molar-refractivity contribution >= 4 is 80.1 Å². The van der Waals surface area contributed by atoms with Gasteiger partial charge in [0.1, 0.15) is 0 Å². The SMILES string of the molecule is O=C(CC1(C(=O)NCc2ccc(Cl)cc2)CC1)c1ccc(/C=C/C(c2cc(Cl)c(Cl)c(Cl)c2)C(F)(F)F)cc1Br. The van der Waals surface area contributed by atoms with Crippen molar-refractivity contribution in [3.63, 3.8) is 0 Å². The summed E-state index contributed by atoms with van der Waals surface area (Å²) in [5.41, 5.74) is 0.755. The molecular weight excluding hydrogens is 673 g/mol. The van der Waals surface area contributed by atoms with Crippen molar-refractivity contribution in [2.45, 2.75) is 37.9 Å². The number of alkyl halides is 3. The Labute approximate surface area is 257 Å². The van der Waals surface area contributed by atoms with Crippen LogP contribution >= 0.6 is 62.3 Å². The minimum absolute atomic E-state index is 0.0202. The molecule has 1 aliphatic carbocycles. The molecule has 0 spiro atoms. The van der Waals surface area contributed by atoms with Gasteiger partial charge in [0, 0.05) is 28.0 Å². The van der Waals surface area contributed by atoms with Crippen molar-refractivity contribution in [3.8, 4) is 0 Å². The zero-order chi connectivity index (χ0) is 29.2. The summed E-state index contributed by atoms with van der Waals surface area (Å²) in [5.74, 6) is -2.41. The molecule has 0 aliphatic heterocycles. The van der Waals surface area contributed by atoms with Crippen LogP contribution in [0, 0.1) is 5.41 Å². The molecule has 1 N–H and O–H groups in total. The molecule has 3 nitrogen and oxygen atoms in total.